The van der Waals surface area contributed by atoms with Crippen molar-refractivity contribution in [3.63, 3.8) is 0 Å². The fourth-order valence-corrected chi connectivity index (χ4v) is 4.35. The van der Waals surface area contributed by atoms with Crippen LogP contribution in [0.4, 0.5) is 0 Å². The second kappa shape index (κ2) is 8.78. The van der Waals surface area contributed by atoms with E-state index in [4.69, 9.17) is 4.74 Å². The monoisotopic (exact) mass is 378 g/mol. The van der Waals surface area contributed by atoms with Gasteiger partial charge in [0, 0.05) is 31.2 Å². The minimum Gasteiger partial charge on any atom is -0.483 e. The smallest absolute Gasteiger partial charge is 0.260 e. The molecule has 1 aliphatic heterocycles. The van der Waals surface area contributed by atoms with E-state index in [0.717, 1.165) is 50.2 Å². The summed E-state index contributed by atoms with van der Waals surface area (Å²) in [7, 11) is 0. The third kappa shape index (κ3) is 4.39. The van der Waals surface area contributed by atoms with E-state index in [1.807, 2.05) is 23.1 Å². The molecular formula is C24H30N2O2. The van der Waals surface area contributed by atoms with Crippen molar-refractivity contribution in [1.29, 1.82) is 0 Å². The third-order valence-corrected chi connectivity index (χ3v) is 5.94. The molecule has 28 heavy (non-hydrogen) atoms. The molecule has 1 fully saturated rings. The predicted molar refractivity (Wildman–Crippen MR) is 111 cm³/mol. The van der Waals surface area contributed by atoms with E-state index in [2.05, 4.69) is 36.5 Å². The minimum absolute atomic E-state index is 0.0944. The van der Waals surface area contributed by atoms with Crippen LogP contribution < -0.4 is 10.1 Å². The largest absolute Gasteiger partial charge is 0.483 e. The number of carbonyl (C=O) groups excluding carboxylic acids is 1. The Hall–Kier alpha value is -2.33. The number of fused-ring (bicyclic) bond motifs is 1. The van der Waals surface area contributed by atoms with Gasteiger partial charge in [-0.3, -0.25) is 4.79 Å². The van der Waals surface area contributed by atoms with Gasteiger partial charge in [-0.1, -0.05) is 42.0 Å². The molecule has 1 N–H and O–H groups in total. The van der Waals surface area contributed by atoms with Crippen molar-refractivity contribution in [2.45, 2.75) is 51.6 Å². The number of nitrogens with one attached hydrogen (secondary N) is 1. The lowest BCUT2D eigenvalue weighted by Crippen LogP contribution is -2.32. The van der Waals surface area contributed by atoms with Crippen molar-refractivity contribution in [3.05, 3.63) is 64.7 Å². The number of nitrogens with zero attached hydrogens (tertiary/aromatic N) is 1. The fraction of sp³-hybridized carbons (Fsp3) is 0.458. The van der Waals surface area contributed by atoms with Gasteiger partial charge in [-0.25, -0.2) is 0 Å². The van der Waals surface area contributed by atoms with Gasteiger partial charge in [-0.05, 0) is 56.2 Å². The number of aryl methyl sites for hydroxylation is 2. The van der Waals surface area contributed by atoms with Crippen LogP contribution in [0.1, 0.15) is 54.0 Å². The Morgan fingerprint density at radius 1 is 1.14 bits per heavy atom. The van der Waals surface area contributed by atoms with Gasteiger partial charge in [-0.2, -0.15) is 0 Å². The van der Waals surface area contributed by atoms with Gasteiger partial charge >= 0.3 is 0 Å². The molecule has 2 aromatic rings. The van der Waals surface area contributed by atoms with Crippen molar-refractivity contribution < 1.29 is 9.53 Å². The lowest BCUT2D eigenvalue weighted by Gasteiger charge is -2.27. The first kappa shape index (κ1) is 19.0. The summed E-state index contributed by atoms with van der Waals surface area (Å²) in [4.78, 5) is 14.2. The van der Waals surface area contributed by atoms with Crippen molar-refractivity contribution in [1.82, 2.24) is 10.2 Å². The SMILES string of the molecule is Cc1ccc2c(c1)[C@@H](NCc1ccccc1OCC(=O)N1CCCC1)CCC2. The average molecular weight is 379 g/mol. The van der Waals surface area contributed by atoms with Crippen LogP contribution in [0.2, 0.25) is 0 Å². The molecule has 4 nitrogen and oxygen atoms in total. The molecule has 0 saturated carbocycles. The van der Waals surface area contributed by atoms with Crippen molar-refractivity contribution in [2.75, 3.05) is 19.7 Å². The number of amides is 1. The molecule has 2 aromatic carbocycles. The average Bonchev–Trinajstić information content (AvgIpc) is 3.26. The quantitative estimate of drug-likeness (QED) is 0.820. The molecule has 1 heterocycles. The molecule has 4 heteroatoms. The highest BCUT2D eigenvalue weighted by Crippen LogP contribution is 2.31. The molecule has 0 bridgehead atoms. The molecule has 2 aliphatic rings. The second-order valence-electron chi connectivity index (χ2n) is 8.01. The number of rotatable bonds is 6. The molecule has 1 aliphatic carbocycles. The zero-order chi connectivity index (χ0) is 19.3. The molecule has 148 valence electrons. The first-order valence-electron chi connectivity index (χ1n) is 10.5. The van der Waals surface area contributed by atoms with E-state index in [9.17, 15) is 4.79 Å². The fourth-order valence-electron chi connectivity index (χ4n) is 4.35. The molecule has 1 amide bonds. The van der Waals surface area contributed by atoms with Gasteiger partial charge in [0.25, 0.3) is 5.91 Å². The van der Waals surface area contributed by atoms with Gasteiger partial charge < -0.3 is 15.0 Å². The molecule has 0 spiro atoms. The molecule has 1 saturated heterocycles. The maximum Gasteiger partial charge on any atom is 0.260 e. The Morgan fingerprint density at radius 3 is 2.82 bits per heavy atom. The number of para-hydroxylation sites is 1. The summed E-state index contributed by atoms with van der Waals surface area (Å²) in [6.07, 6.45) is 5.76. The van der Waals surface area contributed by atoms with E-state index < -0.39 is 0 Å². The van der Waals surface area contributed by atoms with E-state index in [0.29, 0.717) is 6.04 Å². The molecule has 0 radical (unpaired) electrons. The van der Waals surface area contributed by atoms with Gasteiger partial charge in [0.05, 0.1) is 0 Å². The van der Waals surface area contributed by atoms with E-state index in [-0.39, 0.29) is 12.5 Å². The van der Waals surface area contributed by atoms with Gasteiger partial charge in [0.15, 0.2) is 6.61 Å². The Morgan fingerprint density at radius 2 is 1.96 bits per heavy atom. The summed E-state index contributed by atoms with van der Waals surface area (Å²) < 4.78 is 5.91. The van der Waals surface area contributed by atoms with Crippen LogP contribution in [0, 0.1) is 6.92 Å². The first-order chi connectivity index (χ1) is 13.7. The lowest BCUT2D eigenvalue weighted by atomic mass is 9.86. The van der Waals surface area contributed by atoms with Crippen LogP contribution in [-0.2, 0) is 17.8 Å². The molecule has 0 aromatic heterocycles. The van der Waals surface area contributed by atoms with Crippen LogP contribution in [0.5, 0.6) is 5.75 Å². The molecular weight excluding hydrogens is 348 g/mol. The van der Waals surface area contributed by atoms with Crippen LogP contribution >= 0.6 is 0 Å². The molecule has 0 unspecified atom stereocenters. The normalized spacial score (nSPS) is 18.8. The molecule has 1 atom stereocenters. The van der Waals surface area contributed by atoms with Crippen LogP contribution in [0.25, 0.3) is 0 Å². The number of hydrogen-bond donors (Lipinski definition) is 1. The van der Waals surface area contributed by atoms with Gasteiger partial charge in [0.2, 0.25) is 0 Å². The summed E-state index contributed by atoms with van der Waals surface area (Å²) in [5, 5.41) is 3.73. The number of benzene rings is 2. The van der Waals surface area contributed by atoms with Crippen LogP contribution in [0.15, 0.2) is 42.5 Å². The Kier molecular flexibility index (Phi) is 5.96. The Bertz CT molecular complexity index is 827. The Labute approximate surface area is 167 Å². The zero-order valence-corrected chi connectivity index (χ0v) is 16.7. The Balaban J connectivity index is 1.39. The van der Waals surface area contributed by atoms with Crippen LogP contribution in [-0.4, -0.2) is 30.5 Å². The summed E-state index contributed by atoms with van der Waals surface area (Å²) in [5.74, 6) is 0.903. The number of ether oxygens (including phenoxy) is 1. The van der Waals surface area contributed by atoms with E-state index in [1.54, 1.807) is 0 Å². The summed E-state index contributed by atoms with van der Waals surface area (Å²) in [6.45, 7) is 4.76. The van der Waals surface area contributed by atoms with Gasteiger partial charge in [0.1, 0.15) is 5.75 Å². The summed E-state index contributed by atoms with van der Waals surface area (Å²) in [5.41, 5.74) is 5.33. The highest BCUT2D eigenvalue weighted by atomic mass is 16.5. The lowest BCUT2D eigenvalue weighted by molar-refractivity contribution is -0.132. The highest BCUT2D eigenvalue weighted by Gasteiger charge is 2.21. The third-order valence-electron chi connectivity index (χ3n) is 5.94. The zero-order valence-electron chi connectivity index (χ0n) is 16.7. The minimum atomic E-state index is 0.0944. The highest BCUT2D eigenvalue weighted by molar-refractivity contribution is 5.78. The topological polar surface area (TPSA) is 41.6 Å². The van der Waals surface area contributed by atoms with Crippen molar-refractivity contribution in [2.24, 2.45) is 0 Å². The maximum atomic E-state index is 12.3. The first-order valence-corrected chi connectivity index (χ1v) is 10.5. The van der Waals surface area contributed by atoms with Crippen molar-refractivity contribution >= 4 is 5.91 Å². The predicted octanol–water partition coefficient (Wildman–Crippen LogP) is 4.16. The van der Waals surface area contributed by atoms with Gasteiger partial charge in [-0.15, -0.1) is 0 Å². The maximum absolute atomic E-state index is 12.3. The van der Waals surface area contributed by atoms with E-state index >= 15 is 0 Å². The number of hydrogen-bond acceptors (Lipinski definition) is 3. The summed E-state index contributed by atoms with van der Waals surface area (Å²) >= 11 is 0. The number of carbonyl (C=O) groups is 1. The van der Waals surface area contributed by atoms with E-state index in [1.165, 1.54) is 29.5 Å². The number of likely N-dealkylation sites (tertiary alicyclic amines) is 1. The van der Waals surface area contributed by atoms with Crippen LogP contribution in [0.3, 0.4) is 0 Å². The second-order valence-corrected chi connectivity index (χ2v) is 8.01. The standard InChI is InChI=1S/C24H30N2O2/c1-18-11-12-19-8-6-9-22(21(19)15-18)25-16-20-7-2-3-10-23(20)28-17-24(27)26-13-4-5-14-26/h2-3,7,10-12,15,22,25H,4-6,8-9,13-14,16-17H2,1H3/t22-/m0/s1. The van der Waals surface area contributed by atoms with Crippen molar-refractivity contribution in [3.8, 4) is 5.75 Å². The molecule has 4 rings (SSSR count). The summed E-state index contributed by atoms with van der Waals surface area (Å²) in [6, 6.07) is 15.2.